The summed E-state index contributed by atoms with van der Waals surface area (Å²) in [5.74, 6) is 0.799. The third-order valence-corrected chi connectivity index (χ3v) is 4.29. The maximum absolute atomic E-state index is 12.7. The SMILES string of the molecule is CC(C(=O)N(Cc1cccc(Cl)c1)C(C)C)C1CNC1.Cl. The Labute approximate surface area is 138 Å². The van der Waals surface area contributed by atoms with E-state index in [2.05, 4.69) is 19.2 Å². The van der Waals surface area contributed by atoms with Gasteiger partial charge in [0.25, 0.3) is 0 Å². The molecule has 2 rings (SSSR count). The Morgan fingerprint density at radius 2 is 2.05 bits per heavy atom. The van der Waals surface area contributed by atoms with E-state index in [1.54, 1.807) is 0 Å². The van der Waals surface area contributed by atoms with Crippen molar-refractivity contribution in [3.8, 4) is 0 Å². The number of rotatable bonds is 5. The zero-order valence-corrected chi connectivity index (χ0v) is 14.4. The van der Waals surface area contributed by atoms with E-state index in [4.69, 9.17) is 11.6 Å². The molecule has 1 atom stereocenters. The van der Waals surface area contributed by atoms with Crippen LogP contribution in [0.15, 0.2) is 24.3 Å². The van der Waals surface area contributed by atoms with Gasteiger partial charge in [0.15, 0.2) is 0 Å². The van der Waals surface area contributed by atoms with Gasteiger partial charge in [0.05, 0.1) is 0 Å². The molecule has 0 aliphatic carbocycles. The standard InChI is InChI=1S/C16H23ClN2O.ClH/c1-11(2)19(10-13-5-4-6-15(17)7-13)16(20)12(3)14-8-18-9-14;/h4-7,11-12,14,18H,8-10H2,1-3H3;1H. The maximum atomic E-state index is 12.7. The van der Waals surface area contributed by atoms with Gasteiger partial charge in [-0.25, -0.2) is 0 Å². The van der Waals surface area contributed by atoms with E-state index in [0.717, 1.165) is 23.7 Å². The molecule has 1 saturated heterocycles. The molecule has 1 aliphatic rings. The lowest BCUT2D eigenvalue weighted by atomic mass is 9.87. The van der Waals surface area contributed by atoms with Crippen LogP contribution in [-0.4, -0.2) is 29.9 Å². The van der Waals surface area contributed by atoms with E-state index in [9.17, 15) is 4.79 Å². The number of carbonyl (C=O) groups is 1. The van der Waals surface area contributed by atoms with Crippen molar-refractivity contribution in [3.05, 3.63) is 34.9 Å². The van der Waals surface area contributed by atoms with Crippen molar-refractivity contribution in [2.45, 2.75) is 33.4 Å². The number of carbonyl (C=O) groups excluding carboxylic acids is 1. The quantitative estimate of drug-likeness (QED) is 0.897. The summed E-state index contributed by atoms with van der Waals surface area (Å²) < 4.78 is 0. The maximum Gasteiger partial charge on any atom is 0.226 e. The smallest absolute Gasteiger partial charge is 0.226 e. The Morgan fingerprint density at radius 1 is 1.38 bits per heavy atom. The summed E-state index contributed by atoms with van der Waals surface area (Å²) in [6.07, 6.45) is 0. The van der Waals surface area contributed by atoms with Crippen LogP contribution in [0.4, 0.5) is 0 Å². The molecular weight excluding hydrogens is 307 g/mol. The first-order valence-corrected chi connectivity index (χ1v) is 7.62. The Kier molecular flexibility index (Phi) is 6.98. The van der Waals surface area contributed by atoms with Crippen LogP contribution in [0, 0.1) is 11.8 Å². The number of hydrogen-bond donors (Lipinski definition) is 1. The summed E-state index contributed by atoms with van der Waals surface area (Å²) >= 11 is 6.02. The number of halogens is 2. The second-order valence-corrected chi connectivity index (χ2v) is 6.33. The summed E-state index contributed by atoms with van der Waals surface area (Å²) in [5.41, 5.74) is 1.08. The zero-order valence-electron chi connectivity index (χ0n) is 12.8. The molecule has 1 amide bonds. The molecule has 5 heteroatoms. The van der Waals surface area contributed by atoms with Crippen LogP contribution < -0.4 is 5.32 Å². The minimum atomic E-state index is 0. The van der Waals surface area contributed by atoms with Gasteiger partial charge in [0.1, 0.15) is 0 Å². The Hall–Kier alpha value is -0.770. The molecule has 21 heavy (non-hydrogen) atoms. The highest BCUT2D eigenvalue weighted by molar-refractivity contribution is 6.30. The van der Waals surface area contributed by atoms with Gasteiger partial charge >= 0.3 is 0 Å². The van der Waals surface area contributed by atoms with Crippen molar-refractivity contribution in [2.24, 2.45) is 11.8 Å². The monoisotopic (exact) mass is 330 g/mol. The molecule has 1 aliphatic heterocycles. The van der Waals surface area contributed by atoms with Crippen LogP contribution in [0.25, 0.3) is 0 Å². The predicted octanol–water partition coefficient (Wildman–Crippen LogP) is 3.35. The van der Waals surface area contributed by atoms with Gasteiger partial charge in [-0.3, -0.25) is 4.79 Å². The van der Waals surface area contributed by atoms with Crippen LogP contribution in [-0.2, 0) is 11.3 Å². The lowest BCUT2D eigenvalue weighted by Crippen LogP contribution is -2.51. The molecule has 1 N–H and O–H groups in total. The van der Waals surface area contributed by atoms with E-state index in [-0.39, 0.29) is 30.3 Å². The molecule has 3 nitrogen and oxygen atoms in total. The molecule has 1 heterocycles. The van der Waals surface area contributed by atoms with Crippen LogP contribution in [0.3, 0.4) is 0 Å². The first-order chi connectivity index (χ1) is 9.49. The molecule has 0 aromatic heterocycles. The lowest BCUT2D eigenvalue weighted by molar-refractivity contribution is -0.139. The third-order valence-electron chi connectivity index (χ3n) is 4.06. The first kappa shape index (κ1) is 18.3. The summed E-state index contributed by atoms with van der Waals surface area (Å²) in [4.78, 5) is 14.6. The Balaban J connectivity index is 0.00000220. The van der Waals surface area contributed by atoms with E-state index in [1.165, 1.54) is 0 Å². The van der Waals surface area contributed by atoms with Crippen molar-refractivity contribution in [1.82, 2.24) is 10.2 Å². The molecule has 1 aromatic carbocycles. The summed E-state index contributed by atoms with van der Waals surface area (Å²) in [7, 11) is 0. The van der Waals surface area contributed by atoms with E-state index >= 15 is 0 Å². The van der Waals surface area contributed by atoms with E-state index < -0.39 is 0 Å². The van der Waals surface area contributed by atoms with Gasteiger partial charge < -0.3 is 10.2 Å². The van der Waals surface area contributed by atoms with Gasteiger partial charge in [-0.15, -0.1) is 12.4 Å². The predicted molar refractivity (Wildman–Crippen MR) is 89.9 cm³/mol. The van der Waals surface area contributed by atoms with Crippen LogP contribution in [0.1, 0.15) is 26.3 Å². The second kappa shape index (κ2) is 8.02. The number of nitrogens with zero attached hydrogens (tertiary/aromatic N) is 1. The average molecular weight is 331 g/mol. The Morgan fingerprint density at radius 3 is 2.52 bits per heavy atom. The van der Waals surface area contributed by atoms with Crippen molar-refractivity contribution in [1.29, 1.82) is 0 Å². The fourth-order valence-corrected chi connectivity index (χ4v) is 2.69. The topological polar surface area (TPSA) is 32.3 Å². The molecule has 0 saturated carbocycles. The van der Waals surface area contributed by atoms with Gasteiger partial charge in [0.2, 0.25) is 5.91 Å². The lowest BCUT2D eigenvalue weighted by Gasteiger charge is -2.36. The number of benzene rings is 1. The zero-order chi connectivity index (χ0) is 14.7. The highest BCUT2D eigenvalue weighted by atomic mass is 35.5. The van der Waals surface area contributed by atoms with Crippen LogP contribution in [0.2, 0.25) is 5.02 Å². The first-order valence-electron chi connectivity index (χ1n) is 7.24. The normalized spacial score (nSPS) is 16.0. The second-order valence-electron chi connectivity index (χ2n) is 5.90. The number of hydrogen-bond acceptors (Lipinski definition) is 2. The molecule has 1 fully saturated rings. The van der Waals surface area contributed by atoms with Gasteiger partial charge in [-0.05, 0) is 50.6 Å². The van der Waals surface area contributed by atoms with Crippen molar-refractivity contribution in [3.63, 3.8) is 0 Å². The van der Waals surface area contributed by atoms with E-state index in [0.29, 0.717) is 12.5 Å². The van der Waals surface area contributed by atoms with Crippen molar-refractivity contribution in [2.75, 3.05) is 13.1 Å². The van der Waals surface area contributed by atoms with Gasteiger partial charge in [0, 0.05) is 23.5 Å². The fourth-order valence-electron chi connectivity index (χ4n) is 2.47. The Bertz CT molecular complexity index is 475. The summed E-state index contributed by atoms with van der Waals surface area (Å²) in [6, 6.07) is 7.93. The number of nitrogens with one attached hydrogen (secondary N) is 1. The highest BCUT2D eigenvalue weighted by Gasteiger charge is 2.32. The minimum absolute atomic E-state index is 0. The number of amides is 1. The van der Waals surface area contributed by atoms with Gasteiger partial charge in [-0.1, -0.05) is 30.7 Å². The molecule has 118 valence electrons. The summed E-state index contributed by atoms with van der Waals surface area (Å²) in [6.45, 7) is 8.71. The molecule has 0 radical (unpaired) electrons. The minimum Gasteiger partial charge on any atom is -0.336 e. The molecule has 1 unspecified atom stereocenters. The third kappa shape index (κ3) is 4.60. The average Bonchev–Trinajstić information content (AvgIpc) is 2.32. The van der Waals surface area contributed by atoms with Crippen LogP contribution in [0.5, 0.6) is 0 Å². The van der Waals surface area contributed by atoms with E-state index in [1.807, 2.05) is 36.1 Å². The molecule has 0 spiro atoms. The van der Waals surface area contributed by atoms with Gasteiger partial charge in [-0.2, -0.15) is 0 Å². The molecular formula is C16H24Cl2N2O. The molecule has 0 bridgehead atoms. The largest absolute Gasteiger partial charge is 0.336 e. The fraction of sp³-hybridized carbons (Fsp3) is 0.562. The van der Waals surface area contributed by atoms with Crippen molar-refractivity contribution < 1.29 is 4.79 Å². The molecule has 1 aromatic rings. The summed E-state index contributed by atoms with van der Waals surface area (Å²) in [5, 5.41) is 3.95. The van der Waals surface area contributed by atoms with Crippen molar-refractivity contribution >= 4 is 29.9 Å². The van der Waals surface area contributed by atoms with Crippen LogP contribution >= 0.6 is 24.0 Å². The highest BCUT2D eigenvalue weighted by Crippen LogP contribution is 2.22.